The summed E-state index contributed by atoms with van der Waals surface area (Å²) in [5, 5.41) is 12.0. The first-order chi connectivity index (χ1) is 15.2. The Morgan fingerprint density at radius 1 is 1.06 bits per heavy atom. The van der Waals surface area contributed by atoms with E-state index >= 15 is 0 Å². The quantitative estimate of drug-likeness (QED) is 0.497. The van der Waals surface area contributed by atoms with Crippen LogP contribution in [0.25, 0.3) is 10.9 Å². The Morgan fingerprint density at radius 3 is 2.81 bits per heavy atom. The molecule has 0 spiro atoms. The van der Waals surface area contributed by atoms with E-state index in [2.05, 4.69) is 11.1 Å². The zero-order valence-corrected chi connectivity index (χ0v) is 17.3. The predicted molar refractivity (Wildman–Crippen MR) is 119 cm³/mol. The average molecular weight is 412 g/mol. The lowest BCUT2D eigenvalue weighted by Gasteiger charge is -2.30. The Hall–Kier alpha value is -3.44. The molecule has 2 aromatic carbocycles. The number of aromatic nitrogens is 2. The Morgan fingerprint density at radius 2 is 1.94 bits per heavy atom. The Balaban J connectivity index is 1.31. The molecule has 2 aromatic heterocycles. The third kappa shape index (κ3) is 4.09. The maximum atomic E-state index is 10.9. The van der Waals surface area contributed by atoms with Crippen LogP contribution in [0.3, 0.4) is 0 Å². The van der Waals surface area contributed by atoms with Crippen molar-refractivity contribution in [3.63, 3.8) is 0 Å². The van der Waals surface area contributed by atoms with Gasteiger partial charge in [0.15, 0.2) is 0 Å². The minimum Gasteiger partial charge on any atom is -0.493 e. The average Bonchev–Trinajstić information content (AvgIpc) is 2.81. The third-order valence-electron chi connectivity index (χ3n) is 5.75. The highest BCUT2D eigenvalue weighted by molar-refractivity contribution is 5.78. The highest BCUT2D eigenvalue weighted by Crippen LogP contribution is 2.39. The van der Waals surface area contributed by atoms with Crippen LogP contribution >= 0.6 is 0 Å². The lowest BCUT2D eigenvalue weighted by atomic mass is 9.89. The van der Waals surface area contributed by atoms with Crippen LogP contribution in [0, 0.1) is 5.92 Å². The molecular weight excluding hydrogens is 388 g/mol. The third-order valence-corrected chi connectivity index (χ3v) is 5.75. The number of pyridine rings is 2. The molecule has 0 radical (unpaired) electrons. The molecule has 0 aliphatic carbocycles. The highest BCUT2D eigenvalue weighted by atomic mass is 16.5. The number of rotatable bonds is 5. The first kappa shape index (κ1) is 19.5. The molecular formula is C26H24N2O3. The Labute approximate surface area is 181 Å². The van der Waals surface area contributed by atoms with E-state index in [0.29, 0.717) is 24.5 Å². The molecule has 1 aliphatic rings. The maximum absolute atomic E-state index is 10.9. The second-order valence-electron chi connectivity index (χ2n) is 7.93. The SMILES string of the molecule is CC(Oc1ccc2c(c1)OC[C@@H](Cc1ccccn1)[C@@H]2O)c1ccc2ccccc2n1. The molecule has 3 atom stereocenters. The topological polar surface area (TPSA) is 64.5 Å². The monoisotopic (exact) mass is 412 g/mol. The van der Waals surface area contributed by atoms with Gasteiger partial charge in [0, 0.05) is 34.8 Å². The van der Waals surface area contributed by atoms with Crippen LogP contribution in [0.5, 0.6) is 11.5 Å². The van der Waals surface area contributed by atoms with Crippen LogP contribution in [0.4, 0.5) is 0 Å². The summed E-state index contributed by atoms with van der Waals surface area (Å²) < 4.78 is 12.1. The number of nitrogens with zero attached hydrogens (tertiary/aromatic N) is 2. The fraction of sp³-hybridized carbons (Fsp3) is 0.231. The molecule has 0 amide bonds. The number of aliphatic hydroxyl groups excluding tert-OH is 1. The largest absolute Gasteiger partial charge is 0.493 e. The van der Waals surface area contributed by atoms with Gasteiger partial charge in [0.05, 0.1) is 23.9 Å². The van der Waals surface area contributed by atoms with Crippen molar-refractivity contribution in [3.8, 4) is 11.5 Å². The van der Waals surface area contributed by atoms with E-state index in [1.807, 2.05) is 73.7 Å². The van der Waals surface area contributed by atoms with Crippen LogP contribution in [-0.2, 0) is 6.42 Å². The van der Waals surface area contributed by atoms with Gasteiger partial charge in [-0.15, -0.1) is 0 Å². The van der Waals surface area contributed by atoms with E-state index < -0.39 is 6.10 Å². The van der Waals surface area contributed by atoms with Crippen molar-refractivity contribution >= 4 is 10.9 Å². The molecule has 1 unspecified atom stereocenters. The van der Waals surface area contributed by atoms with E-state index in [0.717, 1.165) is 27.9 Å². The molecule has 1 N–H and O–H groups in total. The normalized spacial score (nSPS) is 18.8. The van der Waals surface area contributed by atoms with E-state index in [9.17, 15) is 5.11 Å². The first-order valence-corrected chi connectivity index (χ1v) is 10.5. The van der Waals surface area contributed by atoms with Gasteiger partial charge in [-0.1, -0.05) is 30.3 Å². The summed E-state index contributed by atoms with van der Waals surface area (Å²) in [5.74, 6) is 1.33. The summed E-state index contributed by atoms with van der Waals surface area (Å²) in [6, 6.07) is 23.5. The molecule has 5 rings (SSSR count). The van der Waals surface area contributed by atoms with Gasteiger partial charge < -0.3 is 14.6 Å². The van der Waals surface area contributed by atoms with Gasteiger partial charge in [0.25, 0.3) is 0 Å². The van der Waals surface area contributed by atoms with Crippen LogP contribution in [0.1, 0.15) is 36.1 Å². The van der Waals surface area contributed by atoms with Gasteiger partial charge in [0.1, 0.15) is 17.6 Å². The predicted octanol–water partition coefficient (Wildman–Crippen LogP) is 5.05. The fourth-order valence-electron chi connectivity index (χ4n) is 4.03. The number of hydrogen-bond donors (Lipinski definition) is 1. The van der Waals surface area contributed by atoms with Crippen LogP contribution < -0.4 is 9.47 Å². The number of aliphatic hydroxyl groups is 1. The number of benzene rings is 2. The summed E-state index contributed by atoms with van der Waals surface area (Å²) in [6.07, 6.45) is 1.63. The first-order valence-electron chi connectivity index (χ1n) is 10.5. The molecule has 0 saturated carbocycles. The number of fused-ring (bicyclic) bond motifs is 2. The lowest BCUT2D eigenvalue weighted by molar-refractivity contribution is 0.0499. The molecule has 5 heteroatoms. The fourth-order valence-corrected chi connectivity index (χ4v) is 4.03. The van der Waals surface area contributed by atoms with Crippen molar-refractivity contribution in [3.05, 3.63) is 95.9 Å². The molecule has 0 saturated heterocycles. The number of ether oxygens (including phenoxy) is 2. The Kier molecular flexibility index (Phi) is 5.26. The van der Waals surface area contributed by atoms with Gasteiger partial charge in [0.2, 0.25) is 0 Å². The van der Waals surface area contributed by atoms with Crippen LogP contribution in [0.2, 0.25) is 0 Å². The summed E-state index contributed by atoms with van der Waals surface area (Å²) in [6.45, 7) is 2.42. The van der Waals surface area contributed by atoms with Gasteiger partial charge in [-0.05, 0) is 49.7 Å². The molecule has 3 heterocycles. The molecule has 4 aromatic rings. The smallest absolute Gasteiger partial charge is 0.138 e. The lowest BCUT2D eigenvalue weighted by Crippen LogP contribution is -2.28. The minimum atomic E-state index is -0.598. The maximum Gasteiger partial charge on any atom is 0.138 e. The summed E-state index contributed by atoms with van der Waals surface area (Å²) in [5.41, 5.74) is 3.56. The highest BCUT2D eigenvalue weighted by Gasteiger charge is 2.30. The van der Waals surface area contributed by atoms with Crippen molar-refractivity contribution in [1.29, 1.82) is 0 Å². The van der Waals surface area contributed by atoms with Crippen molar-refractivity contribution < 1.29 is 14.6 Å². The van der Waals surface area contributed by atoms with E-state index in [-0.39, 0.29) is 12.0 Å². The zero-order chi connectivity index (χ0) is 21.2. The van der Waals surface area contributed by atoms with Gasteiger partial charge in [-0.2, -0.15) is 0 Å². The van der Waals surface area contributed by atoms with Crippen molar-refractivity contribution in [2.24, 2.45) is 5.92 Å². The van der Waals surface area contributed by atoms with Crippen molar-refractivity contribution in [2.75, 3.05) is 6.61 Å². The number of para-hydroxylation sites is 1. The summed E-state index contributed by atoms with van der Waals surface area (Å²) in [7, 11) is 0. The molecule has 1 aliphatic heterocycles. The van der Waals surface area contributed by atoms with E-state index in [1.54, 1.807) is 6.20 Å². The molecule has 0 fully saturated rings. The molecule has 156 valence electrons. The summed E-state index contributed by atoms with van der Waals surface area (Å²) in [4.78, 5) is 9.08. The minimum absolute atomic E-state index is 0.0325. The van der Waals surface area contributed by atoms with Crippen LogP contribution in [-0.4, -0.2) is 21.7 Å². The van der Waals surface area contributed by atoms with Crippen molar-refractivity contribution in [1.82, 2.24) is 9.97 Å². The van der Waals surface area contributed by atoms with Gasteiger partial charge in [-0.3, -0.25) is 4.98 Å². The second kappa shape index (κ2) is 8.36. The van der Waals surface area contributed by atoms with Gasteiger partial charge >= 0.3 is 0 Å². The summed E-state index contributed by atoms with van der Waals surface area (Å²) >= 11 is 0. The second-order valence-corrected chi connectivity index (χ2v) is 7.93. The van der Waals surface area contributed by atoms with Gasteiger partial charge in [-0.25, -0.2) is 4.98 Å². The standard InChI is InChI=1S/C26H24N2O3/c1-17(23-12-9-18-6-2-3-8-24(18)28-23)31-21-10-11-22-25(15-21)30-16-19(26(22)29)14-20-7-4-5-13-27-20/h2-13,15,17,19,26,29H,14,16H2,1H3/t17?,19-,26+/m1/s1. The van der Waals surface area contributed by atoms with E-state index in [1.165, 1.54) is 0 Å². The molecule has 5 nitrogen and oxygen atoms in total. The molecule has 0 bridgehead atoms. The van der Waals surface area contributed by atoms with Crippen molar-refractivity contribution in [2.45, 2.75) is 25.6 Å². The zero-order valence-electron chi connectivity index (χ0n) is 17.3. The van der Waals surface area contributed by atoms with Crippen LogP contribution in [0.15, 0.2) is 79.0 Å². The Bertz CT molecular complexity index is 1200. The number of hydrogen-bond acceptors (Lipinski definition) is 5. The molecule has 31 heavy (non-hydrogen) atoms. The van der Waals surface area contributed by atoms with E-state index in [4.69, 9.17) is 14.5 Å².